The third kappa shape index (κ3) is 2.05. The van der Waals surface area contributed by atoms with Crippen molar-refractivity contribution < 1.29 is 24.3 Å². The number of anilines is 2. The molecule has 2 saturated heterocycles. The molecule has 0 saturated carbocycles. The van der Waals surface area contributed by atoms with Crippen molar-refractivity contribution in [3.63, 3.8) is 0 Å². The Bertz CT molecular complexity index is 636. The lowest BCUT2D eigenvalue weighted by Crippen LogP contribution is -2.32. The van der Waals surface area contributed by atoms with Gasteiger partial charge in [-0.25, -0.2) is 0 Å². The largest absolute Gasteiger partial charge is 0.508 e. The van der Waals surface area contributed by atoms with E-state index >= 15 is 0 Å². The number of hydrogen-bond acceptors (Lipinski definition) is 5. The Morgan fingerprint density at radius 2 is 1.09 bits per heavy atom. The molecule has 22 heavy (non-hydrogen) atoms. The fourth-order valence-electron chi connectivity index (χ4n) is 2.82. The topological polar surface area (TPSA) is 95.0 Å². The van der Waals surface area contributed by atoms with Gasteiger partial charge < -0.3 is 5.11 Å². The van der Waals surface area contributed by atoms with E-state index in [0.717, 1.165) is 9.80 Å². The number of phenolic OH excluding ortho intramolecular Hbond substituents is 1. The van der Waals surface area contributed by atoms with Crippen LogP contribution < -0.4 is 9.80 Å². The van der Waals surface area contributed by atoms with Gasteiger partial charge >= 0.3 is 0 Å². The summed E-state index contributed by atoms with van der Waals surface area (Å²) in [5, 5.41) is 9.89. The van der Waals surface area contributed by atoms with E-state index in [-0.39, 0.29) is 66.4 Å². The quantitative estimate of drug-likeness (QED) is 0.823. The molecule has 1 aromatic carbocycles. The summed E-state index contributed by atoms with van der Waals surface area (Å²) in [6, 6.07) is 2.59. The SMILES string of the molecule is Cc1c(N2C(=O)CCC2=O)cc(O)cc1N1C(=O)CCC1=O. The molecule has 7 heteroatoms. The molecule has 0 spiro atoms. The Hall–Kier alpha value is -2.70. The van der Waals surface area contributed by atoms with Crippen molar-refractivity contribution in [2.75, 3.05) is 9.80 Å². The third-order valence-corrected chi connectivity index (χ3v) is 3.92. The van der Waals surface area contributed by atoms with Gasteiger partial charge in [0.15, 0.2) is 0 Å². The van der Waals surface area contributed by atoms with Crippen molar-refractivity contribution in [2.24, 2.45) is 0 Å². The second kappa shape index (κ2) is 4.94. The highest BCUT2D eigenvalue weighted by atomic mass is 16.3. The van der Waals surface area contributed by atoms with Gasteiger partial charge in [-0.3, -0.25) is 29.0 Å². The number of carbonyl (C=O) groups excluding carboxylic acids is 4. The van der Waals surface area contributed by atoms with Crippen molar-refractivity contribution in [2.45, 2.75) is 32.6 Å². The minimum atomic E-state index is -0.358. The molecule has 7 nitrogen and oxygen atoms in total. The van der Waals surface area contributed by atoms with Crippen molar-refractivity contribution in [1.82, 2.24) is 0 Å². The van der Waals surface area contributed by atoms with E-state index in [1.54, 1.807) is 6.92 Å². The summed E-state index contributed by atoms with van der Waals surface area (Å²) in [5.74, 6) is -1.64. The second-order valence-electron chi connectivity index (χ2n) is 5.35. The molecule has 4 amide bonds. The summed E-state index contributed by atoms with van der Waals surface area (Å²) in [4.78, 5) is 49.6. The molecular formula is C15H14N2O5. The first-order valence-electron chi connectivity index (χ1n) is 6.95. The number of hydrogen-bond donors (Lipinski definition) is 1. The molecule has 1 aromatic rings. The van der Waals surface area contributed by atoms with Crippen LogP contribution in [0.1, 0.15) is 31.2 Å². The van der Waals surface area contributed by atoms with Crippen molar-refractivity contribution in [3.8, 4) is 5.75 Å². The zero-order valence-corrected chi connectivity index (χ0v) is 12.0. The highest BCUT2D eigenvalue weighted by molar-refractivity contribution is 6.23. The van der Waals surface area contributed by atoms with Gasteiger partial charge in [0.05, 0.1) is 11.4 Å². The average molecular weight is 302 g/mol. The Labute approximate surface area is 126 Å². The molecule has 3 rings (SSSR count). The van der Waals surface area contributed by atoms with Gasteiger partial charge in [-0.1, -0.05) is 0 Å². The summed E-state index contributed by atoms with van der Waals surface area (Å²) >= 11 is 0. The molecule has 0 atom stereocenters. The molecule has 0 aliphatic carbocycles. The number of rotatable bonds is 2. The van der Waals surface area contributed by atoms with Gasteiger partial charge in [0, 0.05) is 37.8 Å². The zero-order valence-electron chi connectivity index (χ0n) is 12.0. The number of carbonyl (C=O) groups is 4. The highest BCUT2D eigenvalue weighted by Crippen LogP contribution is 2.38. The molecule has 0 aromatic heterocycles. The fourth-order valence-corrected chi connectivity index (χ4v) is 2.82. The van der Waals surface area contributed by atoms with Crippen molar-refractivity contribution >= 4 is 35.0 Å². The number of amides is 4. The van der Waals surface area contributed by atoms with E-state index in [1.807, 2.05) is 0 Å². The molecule has 2 fully saturated rings. The molecule has 2 heterocycles. The fraction of sp³-hybridized carbons (Fsp3) is 0.333. The predicted octanol–water partition coefficient (Wildman–Crippen LogP) is 1.01. The van der Waals surface area contributed by atoms with Crippen LogP contribution in [-0.2, 0) is 19.2 Å². The number of nitrogens with zero attached hydrogens (tertiary/aromatic N) is 2. The first-order valence-corrected chi connectivity index (χ1v) is 6.95. The van der Waals surface area contributed by atoms with Gasteiger partial charge in [0.1, 0.15) is 5.75 Å². The zero-order chi connectivity index (χ0) is 16.0. The van der Waals surface area contributed by atoms with E-state index in [1.165, 1.54) is 12.1 Å². The van der Waals surface area contributed by atoms with Crippen LogP contribution in [0.2, 0.25) is 0 Å². The first kappa shape index (κ1) is 14.2. The molecule has 1 N–H and O–H groups in total. The summed E-state index contributed by atoms with van der Waals surface area (Å²) < 4.78 is 0. The summed E-state index contributed by atoms with van der Waals surface area (Å²) in [7, 11) is 0. The van der Waals surface area contributed by atoms with Crippen LogP contribution in [0.3, 0.4) is 0 Å². The second-order valence-corrected chi connectivity index (χ2v) is 5.35. The van der Waals surface area contributed by atoms with Gasteiger partial charge in [0.25, 0.3) is 0 Å². The van der Waals surface area contributed by atoms with Crippen LogP contribution >= 0.6 is 0 Å². The van der Waals surface area contributed by atoms with Crippen LogP contribution in [-0.4, -0.2) is 28.7 Å². The van der Waals surface area contributed by atoms with Gasteiger partial charge in [-0.05, 0) is 12.5 Å². The van der Waals surface area contributed by atoms with E-state index in [2.05, 4.69) is 0 Å². The molecule has 0 unspecified atom stereocenters. The number of imide groups is 2. The maximum absolute atomic E-state index is 11.9. The standard InChI is InChI=1S/C15H14N2O5/c1-8-10(16-12(19)2-3-13(16)20)6-9(18)7-11(8)17-14(21)4-5-15(17)22/h6-7,18H,2-5H2,1H3. The molecule has 114 valence electrons. The number of benzene rings is 1. The number of phenols is 1. The molecule has 0 bridgehead atoms. The van der Waals surface area contributed by atoms with Crippen molar-refractivity contribution in [1.29, 1.82) is 0 Å². The van der Waals surface area contributed by atoms with E-state index in [0.29, 0.717) is 5.56 Å². The maximum Gasteiger partial charge on any atom is 0.234 e. The highest BCUT2D eigenvalue weighted by Gasteiger charge is 2.36. The predicted molar refractivity (Wildman–Crippen MR) is 76.3 cm³/mol. The molecule has 2 aliphatic heterocycles. The third-order valence-electron chi connectivity index (χ3n) is 3.92. The lowest BCUT2D eigenvalue weighted by atomic mass is 10.1. The van der Waals surface area contributed by atoms with Crippen LogP contribution in [0.5, 0.6) is 5.75 Å². The van der Waals surface area contributed by atoms with Crippen LogP contribution in [0.15, 0.2) is 12.1 Å². The minimum Gasteiger partial charge on any atom is -0.508 e. The maximum atomic E-state index is 11.9. The molecule has 0 radical (unpaired) electrons. The van der Waals surface area contributed by atoms with Crippen LogP contribution in [0.25, 0.3) is 0 Å². The lowest BCUT2D eigenvalue weighted by Gasteiger charge is -2.23. The van der Waals surface area contributed by atoms with E-state index in [4.69, 9.17) is 0 Å². The van der Waals surface area contributed by atoms with Gasteiger partial charge in [0.2, 0.25) is 23.6 Å². The van der Waals surface area contributed by atoms with Crippen molar-refractivity contribution in [3.05, 3.63) is 17.7 Å². The monoisotopic (exact) mass is 302 g/mol. The average Bonchev–Trinajstić information content (AvgIpc) is 2.96. The summed E-state index contributed by atoms with van der Waals surface area (Å²) in [5.41, 5.74) is 0.870. The Balaban J connectivity index is 2.14. The minimum absolute atomic E-state index is 0.116. The Morgan fingerprint density at radius 3 is 1.41 bits per heavy atom. The van der Waals surface area contributed by atoms with Crippen LogP contribution in [0, 0.1) is 6.92 Å². The molecular weight excluding hydrogens is 288 g/mol. The summed E-state index contributed by atoms with van der Waals surface area (Å²) in [6.45, 7) is 1.61. The van der Waals surface area contributed by atoms with Gasteiger partial charge in [-0.15, -0.1) is 0 Å². The smallest absolute Gasteiger partial charge is 0.234 e. The first-order chi connectivity index (χ1) is 10.4. The Morgan fingerprint density at radius 1 is 0.773 bits per heavy atom. The summed E-state index contributed by atoms with van der Waals surface area (Å²) in [6.07, 6.45) is 0.464. The van der Waals surface area contributed by atoms with E-state index < -0.39 is 0 Å². The normalized spacial score (nSPS) is 18.8. The van der Waals surface area contributed by atoms with Gasteiger partial charge in [-0.2, -0.15) is 0 Å². The van der Waals surface area contributed by atoms with E-state index in [9.17, 15) is 24.3 Å². The number of aromatic hydroxyl groups is 1. The molecule has 2 aliphatic rings. The Kier molecular flexibility index (Phi) is 3.20. The van der Waals surface area contributed by atoms with Crippen LogP contribution in [0.4, 0.5) is 11.4 Å². The lowest BCUT2D eigenvalue weighted by molar-refractivity contribution is -0.122.